The minimum atomic E-state index is -4.19. The molecule has 140 valence electrons. The Morgan fingerprint density at radius 2 is 1.92 bits per heavy atom. The molecule has 0 N–H and O–H groups in total. The maximum Gasteiger partial charge on any atom is 0.392 e. The van der Waals surface area contributed by atoms with Gasteiger partial charge in [0, 0.05) is 44.1 Å². The molecular formula is C17H20F3N5O. The van der Waals surface area contributed by atoms with E-state index in [1.54, 1.807) is 35.5 Å². The summed E-state index contributed by atoms with van der Waals surface area (Å²) >= 11 is 0. The molecule has 2 aliphatic heterocycles. The standard InChI is InChI=1S/C17H20F3N5O/c18-17(19,20)13-2-7-24(12-16(13)3-8-26-9-4-16)14-10-21-11-15(23-14)25-6-1-5-22-25/h1,5-6,10-11,13H,2-4,7-9,12H2/t13-/m1/s1. The van der Waals surface area contributed by atoms with Crippen molar-refractivity contribution in [1.29, 1.82) is 0 Å². The van der Waals surface area contributed by atoms with Crippen molar-refractivity contribution < 1.29 is 17.9 Å². The Morgan fingerprint density at radius 1 is 1.15 bits per heavy atom. The molecule has 0 amide bonds. The highest BCUT2D eigenvalue weighted by Crippen LogP contribution is 2.51. The Kier molecular flexibility index (Phi) is 4.34. The monoisotopic (exact) mass is 367 g/mol. The van der Waals surface area contributed by atoms with Crippen LogP contribution in [0.3, 0.4) is 0 Å². The number of alkyl halides is 3. The van der Waals surface area contributed by atoms with Gasteiger partial charge in [-0.2, -0.15) is 18.3 Å². The Balaban J connectivity index is 1.62. The molecule has 1 atom stereocenters. The summed E-state index contributed by atoms with van der Waals surface area (Å²) in [5.41, 5.74) is -0.821. The van der Waals surface area contributed by atoms with Crippen molar-refractivity contribution in [2.45, 2.75) is 25.4 Å². The Bertz CT molecular complexity index is 743. The highest BCUT2D eigenvalue weighted by atomic mass is 19.4. The summed E-state index contributed by atoms with van der Waals surface area (Å²) in [5.74, 6) is -0.159. The van der Waals surface area contributed by atoms with Crippen LogP contribution in [0.2, 0.25) is 0 Å². The van der Waals surface area contributed by atoms with Gasteiger partial charge in [0.15, 0.2) is 5.82 Å². The van der Waals surface area contributed by atoms with Gasteiger partial charge in [0.1, 0.15) is 5.82 Å². The second kappa shape index (κ2) is 6.53. The maximum atomic E-state index is 13.7. The number of rotatable bonds is 2. The molecule has 1 spiro atoms. The lowest BCUT2D eigenvalue weighted by Crippen LogP contribution is -2.55. The SMILES string of the molecule is FC(F)(F)[C@@H]1CCN(c2cncc(-n3cccn3)n2)CC12CCOCC2. The predicted molar refractivity (Wildman–Crippen MR) is 88.0 cm³/mol. The van der Waals surface area contributed by atoms with E-state index in [2.05, 4.69) is 15.1 Å². The van der Waals surface area contributed by atoms with E-state index in [0.29, 0.717) is 50.8 Å². The first-order valence-electron chi connectivity index (χ1n) is 8.69. The Morgan fingerprint density at radius 3 is 2.62 bits per heavy atom. The Hall–Kier alpha value is -2.16. The second-order valence-corrected chi connectivity index (χ2v) is 6.97. The van der Waals surface area contributed by atoms with Crippen LogP contribution in [0.1, 0.15) is 19.3 Å². The van der Waals surface area contributed by atoms with Gasteiger partial charge in [0.25, 0.3) is 0 Å². The van der Waals surface area contributed by atoms with Gasteiger partial charge in [-0.1, -0.05) is 0 Å². The van der Waals surface area contributed by atoms with Crippen molar-refractivity contribution in [3.8, 4) is 5.82 Å². The van der Waals surface area contributed by atoms with Gasteiger partial charge in [-0.05, 0) is 25.3 Å². The first-order valence-corrected chi connectivity index (χ1v) is 8.69. The molecule has 2 aromatic heterocycles. The van der Waals surface area contributed by atoms with Gasteiger partial charge in [-0.3, -0.25) is 4.98 Å². The van der Waals surface area contributed by atoms with Crippen LogP contribution in [0, 0.1) is 11.3 Å². The highest BCUT2D eigenvalue weighted by molar-refractivity contribution is 5.40. The fourth-order valence-corrected chi connectivity index (χ4v) is 4.16. The van der Waals surface area contributed by atoms with Crippen LogP contribution in [0.4, 0.5) is 19.0 Å². The summed E-state index contributed by atoms with van der Waals surface area (Å²) in [6.45, 7) is 1.38. The van der Waals surface area contributed by atoms with Crippen LogP contribution in [-0.2, 0) is 4.74 Å². The van der Waals surface area contributed by atoms with Crippen molar-refractivity contribution >= 4 is 5.82 Å². The van der Waals surface area contributed by atoms with Gasteiger partial charge >= 0.3 is 6.18 Å². The summed E-state index contributed by atoms with van der Waals surface area (Å²) in [6, 6.07) is 1.78. The zero-order valence-corrected chi connectivity index (χ0v) is 14.2. The van der Waals surface area contributed by atoms with E-state index in [-0.39, 0.29) is 6.42 Å². The number of piperidine rings is 1. The number of halogens is 3. The molecule has 0 unspecified atom stereocenters. The molecular weight excluding hydrogens is 347 g/mol. The van der Waals surface area contributed by atoms with Crippen molar-refractivity contribution in [3.05, 3.63) is 30.9 Å². The molecule has 2 fully saturated rings. The molecule has 0 radical (unpaired) electrons. The third-order valence-electron chi connectivity index (χ3n) is 5.49. The number of nitrogens with zero attached hydrogens (tertiary/aromatic N) is 5. The molecule has 9 heteroatoms. The molecule has 4 rings (SSSR count). The molecule has 0 saturated carbocycles. The smallest absolute Gasteiger partial charge is 0.381 e. The molecule has 2 saturated heterocycles. The molecule has 26 heavy (non-hydrogen) atoms. The fraction of sp³-hybridized carbons (Fsp3) is 0.588. The van der Waals surface area contributed by atoms with Crippen molar-refractivity contribution in [2.24, 2.45) is 11.3 Å². The number of aromatic nitrogens is 4. The molecule has 2 aromatic rings. The van der Waals surface area contributed by atoms with Crippen molar-refractivity contribution in [1.82, 2.24) is 19.7 Å². The normalized spacial score (nSPS) is 23.3. The van der Waals surface area contributed by atoms with E-state index in [4.69, 9.17) is 4.74 Å². The first kappa shape index (κ1) is 17.3. The van der Waals surface area contributed by atoms with E-state index >= 15 is 0 Å². The summed E-state index contributed by atoms with van der Waals surface area (Å²) in [7, 11) is 0. The highest BCUT2D eigenvalue weighted by Gasteiger charge is 2.56. The van der Waals surface area contributed by atoms with E-state index in [1.807, 2.05) is 4.90 Å². The van der Waals surface area contributed by atoms with Gasteiger partial charge in [0.05, 0.1) is 18.3 Å². The zero-order chi connectivity index (χ0) is 18.2. The number of ether oxygens (including phenoxy) is 1. The van der Waals surface area contributed by atoms with Crippen LogP contribution >= 0.6 is 0 Å². The summed E-state index contributed by atoms with van der Waals surface area (Å²) < 4.78 is 47.9. The zero-order valence-electron chi connectivity index (χ0n) is 14.2. The van der Waals surface area contributed by atoms with E-state index in [9.17, 15) is 13.2 Å². The molecule has 0 aromatic carbocycles. The summed E-state index contributed by atoms with van der Waals surface area (Å²) in [4.78, 5) is 10.7. The van der Waals surface area contributed by atoms with Crippen LogP contribution in [0.15, 0.2) is 30.9 Å². The van der Waals surface area contributed by atoms with E-state index in [1.165, 1.54) is 0 Å². The minimum absolute atomic E-state index is 0.0666. The largest absolute Gasteiger partial charge is 0.392 e. The van der Waals surface area contributed by atoms with Gasteiger partial charge < -0.3 is 9.64 Å². The molecule has 2 aliphatic rings. The van der Waals surface area contributed by atoms with Gasteiger partial charge in [-0.15, -0.1) is 0 Å². The first-order chi connectivity index (χ1) is 12.5. The van der Waals surface area contributed by atoms with Gasteiger partial charge in [-0.25, -0.2) is 9.67 Å². The fourth-order valence-electron chi connectivity index (χ4n) is 4.16. The summed E-state index contributed by atoms with van der Waals surface area (Å²) in [6.07, 6.45) is 3.30. The van der Waals surface area contributed by atoms with E-state index in [0.717, 1.165) is 0 Å². The van der Waals surface area contributed by atoms with Crippen LogP contribution in [0.5, 0.6) is 0 Å². The predicted octanol–water partition coefficient (Wildman–Crippen LogP) is 2.85. The molecule has 0 aliphatic carbocycles. The maximum absolute atomic E-state index is 13.7. The second-order valence-electron chi connectivity index (χ2n) is 6.97. The lowest BCUT2D eigenvalue weighted by Gasteiger charge is -2.50. The average Bonchev–Trinajstić information content (AvgIpc) is 3.16. The van der Waals surface area contributed by atoms with E-state index < -0.39 is 17.5 Å². The van der Waals surface area contributed by atoms with Crippen molar-refractivity contribution in [3.63, 3.8) is 0 Å². The van der Waals surface area contributed by atoms with Crippen LogP contribution in [0.25, 0.3) is 5.82 Å². The quantitative estimate of drug-likeness (QED) is 0.817. The number of hydrogen-bond acceptors (Lipinski definition) is 5. The number of hydrogen-bond donors (Lipinski definition) is 0. The third kappa shape index (κ3) is 3.15. The summed E-state index contributed by atoms with van der Waals surface area (Å²) in [5, 5.41) is 4.13. The lowest BCUT2D eigenvalue weighted by atomic mass is 9.66. The molecule has 0 bridgehead atoms. The minimum Gasteiger partial charge on any atom is -0.381 e. The lowest BCUT2D eigenvalue weighted by molar-refractivity contribution is -0.223. The van der Waals surface area contributed by atoms with Gasteiger partial charge in [0.2, 0.25) is 0 Å². The Labute approximate surface area is 149 Å². The third-order valence-corrected chi connectivity index (χ3v) is 5.49. The average molecular weight is 367 g/mol. The van der Waals surface area contributed by atoms with Crippen LogP contribution in [-0.4, -0.2) is 52.2 Å². The molecule has 4 heterocycles. The topological polar surface area (TPSA) is 56.1 Å². The van der Waals surface area contributed by atoms with Crippen molar-refractivity contribution in [2.75, 3.05) is 31.2 Å². The van der Waals surface area contributed by atoms with Crippen LogP contribution < -0.4 is 4.90 Å². The number of anilines is 1. The molecule has 6 nitrogen and oxygen atoms in total.